The molecule has 0 aliphatic rings. The van der Waals surface area contributed by atoms with E-state index in [-0.39, 0.29) is 5.91 Å². The van der Waals surface area contributed by atoms with Gasteiger partial charge in [0, 0.05) is 12.6 Å². The van der Waals surface area contributed by atoms with Gasteiger partial charge < -0.3 is 0 Å². The maximum Gasteiger partial charge on any atom is 0.277 e. The Labute approximate surface area is 84.2 Å². The number of amides is 1. The lowest BCUT2D eigenvalue weighted by atomic mass is 10.1. The molecular weight excluding hydrogens is 178 g/mol. The minimum atomic E-state index is -0.129. The number of hydrogen-bond donors (Lipinski definition) is 0. The minimum Gasteiger partial charge on any atom is -0.274 e. The van der Waals surface area contributed by atoms with Crippen LogP contribution >= 0.6 is 0 Å². The summed E-state index contributed by atoms with van der Waals surface area (Å²) in [5.74, 6) is -0.129. The Balaban J connectivity index is 2.97. The van der Waals surface area contributed by atoms with Crippen molar-refractivity contribution < 1.29 is 9.63 Å². The first-order valence-electron chi connectivity index (χ1n) is 4.45. The molecule has 0 fully saturated rings. The van der Waals surface area contributed by atoms with Gasteiger partial charge in [-0.15, -0.1) is 0 Å². The van der Waals surface area contributed by atoms with E-state index in [4.69, 9.17) is 4.84 Å². The van der Waals surface area contributed by atoms with Gasteiger partial charge in [-0.25, -0.2) is 5.06 Å². The maximum atomic E-state index is 11.6. The van der Waals surface area contributed by atoms with Gasteiger partial charge in [0.25, 0.3) is 5.91 Å². The van der Waals surface area contributed by atoms with E-state index in [1.807, 2.05) is 26.0 Å². The smallest absolute Gasteiger partial charge is 0.274 e. The molecule has 14 heavy (non-hydrogen) atoms. The van der Waals surface area contributed by atoms with Gasteiger partial charge in [0.05, 0.1) is 7.11 Å². The average molecular weight is 193 g/mol. The summed E-state index contributed by atoms with van der Waals surface area (Å²) >= 11 is 0. The fourth-order valence-corrected chi connectivity index (χ4v) is 1.14. The number of hydrogen-bond acceptors (Lipinski definition) is 2. The first-order valence-corrected chi connectivity index (χ1v) is 4.45. The summed E-state index contributed by atoms with van der Waals surface area (Å²) in [6, 6.07) is 5.61. The highest BCUT2D eigenvalue weighted by Crippen LogP contribution is 2.11. The predicted octanol–water partition coefficient (Wildman–Crippen LogP) is 1.94. The Bertz CT molecular complexity index is 347. The van der Waals surface area contributed by atoms with Crippen LogP contribution in [0.25, 0.3) is 0 Å². The topological polar surface area (TPSA) is 29.5 Å². The molecule has 0 N–H and O–H groups in total. The Morgan fingerprint density at radius 1 is 1.29 bits per heavy atom. The number of carbonyl (C=O) groups excluding carboxylic acids is 1. The van der Waals surface area contributed by atoms with E-state index in [2.05, 4.69) is 0 Å². The van der Waals surface area contributed by atoms with Gasteiger partial charge in [0.15, 0.2) is 0 Å². The summed E-state index contributed by atoms with van der Waals surface area (Å²) in [5, 5.41) is 1.21. The van der Waals surface area contributed by atoms with Crippen molar-refractivity contribution in [2.24, 2.45) is 0 Å². The standard InChI is InChI=1S/C11H15NO2/c1-8-5-6-10(7-9(8)2)11(13)12(3)14-4/h5-7H,1-4H3. The van der Waals surface area contributed by atoms with Crippen molar-refractivity contribution in [2.75, 3.05) is 14.2 Å². The number of aryl methyl sites for hydroxylation is 2. The lowest BCUT2D eigenvalue weighted by Crippen LogP contribution is -2.25. The highest BCUT2D eigenvalue weighted by molar-refractivity contribution is 5.93. The van der Waals surface area contributed by atoms with Crippen molar-refractivity contribution in [3.8, 4) is 0 Å². The zero-order valence-electron chi connectivity index (χ0n) is 9.00. The van der Waals surface area contributed by atoms with Crippen LogP contribution in [0, 0.1) is 13.8 Å². The van der Waals surface area contributed by atoms with Crippen LogP contribution in [0.2, 0.25) is 0 Å². The van der Waals surface area contributed by atoms with Crippen LogP contribution in [0.3, 0.4) is 0 Å². The van der Waals surface area contributed by atoms with Crippen LogP contribution in [-0.4, -0.2) is 25.1 Å². The first-order chi connectivity index (χ1) is 6.56. The molecule has 1 amide bonds. The molecule has 0 unspecified atom stereocenters. The fraction of sp³-hybridized carbons (Fsp3) is 0.364. The lowest BCUT2D eigenvalue weighted by molar-refractivity contribution is -0.0757. The van der Waals surface area contributed by atoms with E-state index in [0.717, 1.165) is 5.56 Å². The zero-order chi connectivity index (χ0) is 10.7. The molecule has 0 aromatic heterocycles. The van der Waals surface area contributed by atoms with E-state index in [1.54, 1.807) is 13.1 Å². The fourth-order valence-electron chi connectivity index (χ4n) is 1.14. The van der Waals surface area contributed by atoms with E-state index in [0.29, 0.717) is 5.56 Å². The Morgan fingerprint density at radius 3 is 2.43 bits per heavy atom. The number of rotatable bonds is 2. The first kappa shape index (κ1) is 10.7. The lowest BCUT2D eigenvalue weighted by Gasteiger charge is -2.14. The molecular formula is C11H15NO2. The molecule has 3 nitrogen and oxygen atoms in total. The quantitative estimate of drug-likeness (QED) is 0.672. The SMILES string of the molecule is CON(C)C(=O)c1ccc(C)c(C)c1. The van der Waals surface area contributed by atoms with Crippen molar-refractivity contribution in [3.63, 3.8) is 0 Å². The molecule has 0 bridgehead atoms. The largest absolute Gasteiger partial charge is 0.277 e. The van der Waals surface area contributed by atoms with Gasteiger partial charge in [-0.1, -0.05) is 6.07 Å². The van der Waals surface area contributed by atoms with Gasteiger partial charge in [-0.05, 0) is 37.1 Å². The Hall–Kier alpha value is -1.35. The minimum absolute atomic E-state index is 0.129. The van der Waals surface area contributed by atoms with Crippen molar-refractivity contribution >= 4 is 5.91 Å². The Kier molecular flexibility index (Phi) is 3.25. The van der Waals surface area contributed by atoms with Crippen molar-refractivity contribution in [3.05, 3.63) is 34.9 Å². The third-order valence-corrected chi connectivity index (χ3v) is 2.31. The molecule has 1 aromatic rings. The molecule has 0 spiro atoms. The van der Waals surface area contributed by atoms with Crippen LogP contribution in [0.5, 0.6) is 0 Å². The predicted molar refractivity (Wildman–Crippen MR) is 55.0 cm³/mol. The van der Waals surface area contributed by atoms with Crippen molar-refractivity contribution in [2.45, 2.75) is 13.8 Å². The third-order valence-electron chi connectivity index (χ3n) is 2.31. The summed E-state index contributed by atoms with van der Waals surface area (Å²) in [6.07, 6.45) is 0. The molecule has 0 saturated heterocycles. The van der Waals surface area contributed by atoms with Crippen LogP contribution in [-0.2, 0) is 4.84 Å². The molecule has 0 aliphatic carbocycles. The number of hydroxylamine groups is 2. The highest BCUT2D eigenvalue weighted by Gasteiger charge is 2.11. The molecule has 0 atom stereocenters. The molecule has 76 valence electrons. The number of nitrogens with zero attached hydrogens (tertiary/aromatic N) is 1. The third kappa shape index (κ3) is 2.12. The van der Waals surface area contributed by atoms with E-state index in [9.17, 15) is 4.79 Å². The van der Waals surface area contributed by atoms with Crippen molar-refractivity contribution in [1.29, 1.82) is 0 Å². The molecule has 0 saturated carbocycles. The van der Waals surface area contributed by atoms with Gasteiger partial charge in [-0.3, -0.25) is 9.63 Å². The molecule has 0 heterocycles. The zero-order valence-corrected chi connectivity index (χ0v) is 9.00. The molecule has 3 heteroatoms. The van der Waals surface area contributed by atoms with E-state index >= 15 is 0 Å². The summed E-state index contributed by atoms with van der Waals surface area (Å²) in [4.78, 5) is 16.5. The Morgan fingerprint density at radius 2 is 1.93 bits per heavy atom. The number of carbonyl (C=O) groups is 1. The summed E-state index contributed by atoms with van der Waals surface area (Å²) in [6.45, 7) is 4.00. The second kappa shape index (κ2) is 4.24. The molecule has 1 rings (SSSR count). The van der Waals surface area contributed by atoms with Crippen LogP contribution in [0.1, 0.15) is 21.5 Å². The van der Waals surface area contributed by atoms with Crippen LogP contribution in [0.15, 0.2) is 18.2 Å². The summed E-state index contributed by atoms with van der Waals surface area (Å²) < 4.78 is 0. The number of benzene rings is 1. The monoisotopic (exact) mass is 193 g/mol. The van der Waals surface area contributed by atoms with Crippen LogP contribution < -0.4 is 0 Å². The van der Waals surface area contributed by atoms with Gasteiger partial charge >= 0.3 is 0 Å². The van der Waals surface area contributed by atoms with E-state index in [1.165, 1.54) is 17.7 Å². The summed E-state index contributed by atoms with van der Waals surface area (Å²) in [5.41, 5.74) is 2.94. The normalized spacial score (nSPS) is 10.0. The van der Waals surface area contributed by atoms with Gasteiger partial charge in [0.1, 0.15) is 0 Å². The van der Waals surface area contributed by atoms with Crippen molar-refractivity contribution in [1.82, 2.24) is 5.06 Å². The molecule has 0 radical (unpaired) electrons. The highest BCUT2D eigenvalue weighted by atomic mass is 16.7. The van der Waals surface area contributed by atoms with E-state index < -0.39 is 0 Å². The van der Waals surface area contributed by atoms with Gasteiger partial charge in [-0.2, -0.15) is 0 Å². The second-order valence-electron chi connectivity index (χ2n) is 3.28. The maximum absolute atomic E-state index is 11.6. The molecule has 1 aromatic carbocycles. The van der Waals surface area contributed by atoms with Crippen LogP contribution in [0.4, 0.5) is 0 Å². The second-order valence-corrected chi connectivity index (χ2v) is 3.28. The molecule has 0 aliphatic heterocycles. The van der Waals surface area contributed by atoms with Gasteiger partial charge in [0.2, 0.25) is 0 Å². The summed E-state index contributed by atoms with van der Waals surface area (Å²) in [7, 11) is 3.07. The average Bonchev–Trinajstić information content (AvgIpc) is 2.20.